The van der Waals surface area contributed by atoms with E-state index in [9.17, 15) is 9.59 Å². The van der Waals surface area contributed by atoms with Gasteiger partial charge in [0.15, 0.2) is 0 Å². The van der Waals surface area contributed by atoms with Crippen LogP contribution in [-0.2, 0) is 26.1 Å². The van der Waals surface area contributed by atoms with Gasteiger partial charge in [-0.3, -0.25) is 0 Å². The molecule has 2 rings (SSSR count). The number of nitrogens with zero attached hydrogens (tertiary/aromatic N) is 2. The third-order valence-corrected chi connectivity index (χ3v) is 3.25. The van der Waals surface area contributed by atoms with E-state index in [2.05, 4.69) is 19.8 Å². The predicted molar refractivity (Wildman–Crippen MR) is 81.2 cm³/mol. The van der Waals surface area contributed by atoms with Crippen molar-refractivity contribution in [1.29, 1.82) is 0 Å². The van der Waals surface area contributed by atoms with E-state index < -0.39 is 11.9 Å². The average molecular weight is 303 g/mol. The van der Waals surface area contributed by atoms with Crippen LogP contribution < -0.4 is 5.32 Å². The largest absolute Gasteiger partial charge is 0.466 e. The van der Waals surface area contributed by atoms with E-state index in [0.29, 0.717) is 5.69 Å². The van der Waals surface area contributed by atoms with Crippen LogP contribution in [0.4, 0.5) is 5.69 Å². The summed E-state index contributed by atoms with van der Waals surface area (Å²) < 4.78 is 11.1. The maximum absolute atomic E-state index is 11.7. The molecule has 1 heterocycles. The number of nitrogens with one attached hydrogen (secondary N) is 1. The summed E-state index contributed by atoms with van der Waals surface area (Å²) in [6.45, 7) is 1.91. The Labute approximate surface area is 127 Å². The number of fused-ring (bicyclic) bond motifs is 1. The monoisotopic (exact) mass is 303 g/mol. The van der Waals surface area contributed by atoms with Crippen molar-refractivity contribution in [3.05, 3.63) is 35.8 Å². The maximum atomic E-state index is 11.7. The summed E-state index contributed by atoms with van der Waals surface area (Å²) in [5.41, 5.74) is 2.36. The summed E-state index contributed by atoms with van der Waals surface area (Å²) in [7, 11) is 4.39. The van der Waals surface area contributed by atoms with E-state index in [0.717, 1.165) is 22.9 Å². The van der Waals surface area contributed by atoms with Crippen LogP contribution in [-0.4, -0.2) is 35.7 Å². The van der Waals surface area contributed by atoms with Crippen LogP contribution in [0.5, 0.6) is 0 Å². The van der Waals surface area contributed by atoms with Gasteiger partial charge in [-0.2, -0.15) is 0 Å². The third-order valence-electron chi connectivity index (χ3n) is 3.25. The molecular weight excluding hydrogens is 286 g/mol. The zero-order valence-corrected chi connectivity index (χ0v) is 12.8. The standard InChI is InChI=1S/C15H17N3O4/c1-9-16-11-7-10(5-6-13(11)18(9)2)17-12(15(20)22-4)8-14(19)21-3/h5-8,17H,1-4H3/b12-8+. The number of benzene rings is 1. The van der Waals surface area contributed by atoms with Crippen LogP contribution in [0.15, 0.2) is 30.0 Å². The number of anilines is 1. The van der Waals surface area contributed by atoms with E-state index in [1.807, 2.05) is 24.6 Å². The number of ether oxygens (including phenoxy) is 2. The summed E-state index contributed by atoms with van der Waals surface area (Å²) in [6, 6.07) is 5.46. The number of methoxy groups -OCH3 is 2. The molecule has 0 aliphatic carbocycles. The molecule has 0 bridgehead atoms. The topological polar surface area (TPSA) is 82.5 Å². The molecule has 2 aromatic rings. The van der Waals surface area contributed by atoms with Gasteiger partial charge in [0, 0.05) is 12.7 Å². The minimum atomic E-state index is -0.664. The van der Waals surface area contributed by atoms with Crippen molar-refractivity contribution in [2.45, 2.75) is 6.92 Å². The number of carbonyl (C=O) groups excluding carboxylic acids is 2. The van der Waals surface area contributed by atoms with Crippen molar-refractivity contribution in [3.8, 4) is 0 Å². The first-order valence-electron chi connectivity index (χ1n) is 6.54. The number of rotatable bonds is 4. The molecule has 0 amide bonds. The highest BCUT2D eigenvalue weighted by Gasteiger charge is 2.13. The highest BCUT2D eigenvalue weighted by Crippen LogP contribution is 2.20. The molecule has 7 heteroatoms. The third kappa shape index (κ3) is 3.08. The normalized spacial score (nSPS) is 11.4. The van der Waals surface area contributed by atoms with E-state index in [-0.39, 0.29) is 5.70 Å². The van der Waals surface area contributed by atoms with Crippen LogP contribution in [0.25, 0.3) is 11.0 Å². The zero-order valence-electron chi connectivity index (χ0n) is 12.8. The number of hydrogen-bond donors (Lipinski definition) is 1. The van der Waals surface area contributed by atoms with Crippen LogP contribution in [0.3, 0.4) is 0 Å². The SMILES string of the molecule is COC(=O)/C=C(/Nc1ccc2c(c1)nc(C)n2C)C(=O)OC. The van der Waals surface area contributed by atoms with Gasteiger partial charge in [-0.1, -0.05) is 0 Å². The fourth-order valence-corrected chi connectivity index (χ4v) is 1.99. The van der Waals surface area contributed by atoms with Gasteiger partial charge in [0.2, 0.25) is 0 Å². The van der Waals surface area contributed by atoms with Crippen LogP contribution >= 0.6 is 0 Å². The van der Waals surface area contributed by atoms with Crippen molar-refractivity contribution < 1.29 is 19.1 Å². The number of aryl methyl sites for hydroxylation is 2. The van der Waals surface area contributed by atoms with Crippen molar-refractivity contribution in [2.75, 3.05) is 19.5 Å². The highest BCUT2D eigenvalue weighted by atomic mass is 16.5. The van der Waals surface area contributed by atoms with Crippen LogP contribution in [0.2, 0.25) is 0 Å². The highest BCUT2D eigenvalue weighted by molar-refractivity contribution is 5.99. The maximum Gasteiger partial charge on any atom is 0.354 e. The van der Waals surface area contributed by atoms with Crippen molar-refractivity contribution >= 4 is 28.7 Å². The lowest BCUT2D eigenvalue weighted by molar-refractivity contribution is -0.138. The smallest absolute Gasteiger partial charge is 0.354 e. The molecule has 116 valence electrons. The van der Waals surface area contributed by atoms with Gasteiger partial charge in [-0.25, -0.2) is 14.6 Å². The predicted octanol–water partition coefficient (Wildman–Crippen LogP) is 1.52. The van der Waals surface area contributed by atoms with E-state index in [1.165, 1.54) is 14.2 Å². The minimum absolute atomic E-state index is 0.0126. The summed E-state index contributed by atoms with van der Waals surface area (Å²) in [4.78, 5) is 27.5. The molecule has 0 aliphatic heterocycles. The number of carbonyl (C=O) groups is 2. The Kier molecular flexibility index (Phi) is 4.45. The van der Waals surface area contributed by atoms with E-state index >= 15 is 0 Å². The first kappa shape index (κ1) is 15.6. The summed E-state index contributed by atoms with van der Waals surface area (Å²) in [5.74, 6) is -0.434. The second-order valence-electron chi connectivity index (χ2n) is 4.62. The van der Waals surface area contributed by atoms with Gasteiger partial charge in [0.25, 0.3) is 0 Å². The fraction of sp³-hybridized carbons (Fsp3) is 0.267. The Hall–Kier alpha value is -2.83. The molecule has 0 fully saturated rings. The number of esters is 2. The Bertz CT molecular complexity index is 761. The first-order chi connectivity index (χ1) is 10.5. The second kappa shape index (κ2) is 6.30. The second-order valence-corrected chi connectivity index (χ2v) is 4.62. The molecule has 0 unspecified atom stereocenters. The Morgan fingerprint density at radius 3 is 2.64 bits per heavy atom. The minimum Gasteiger partial charge on any atom is -0.466 e. The van der Waals surface area contributed by atoms with Crippen LogP contribution in [0, 0.1) is 6.92 Å². The Balaban J connectivity index is 2.35. The van der Waals surface area contributed by atoms with Crippen molar-refractivity contribution in [2.24, 2.45) is 7.05 Å². The summed E-state index contributed by atoms with van der Waals surface area (Å²) in [6.07, 6.45) is 1.04. The number of hydrogen-bond acceptors (Lipinski definition) is 6. The molecule has 7 nitrogen and oxygen atoms in total. The Morgan fingerprint density at radius 2 is 2.00 bits per heavy atom. The van der Waals surface area contributed by atoms with Gasteiger partial charge >= 0.3 is 11.9 Å². The molecule has 0 saturated carbocycles. The lowest BCUT2D eigenvalue weighted by Crippen LogP contribution is -2.15. The van der Waals surface area contributed by atoms with Gasteiger partial charge in [-0.05, 0) is 25.1 Å². The van der Waals surface area contributed by atoms with Crippen molar-refractivity contribution in [1.82, 2.24) is 9.55 Å². The van der Waals surface area contributed by atoms with E-state index in [4.69, 9.17) is 0 Å². The Morgan fingerprint density at radius 1 is 1.27 bits per heavy atom. The quantitative estimate of drug-likeness (QED) is 0.681. The van der Waals surface area contributed by atoms with Gasteiger partial charge < -0.3 is 19.4 Å². The molecule has 1 aromatic carbocycles. The van der Waals surface area contributed by atoms with Crippen molar-refractivity contribution in [3.63, 3.8) is 0 Å². The summed E-state index contributed by atoms with van der Waals surface area (Å²) >= 11 is 0. The van der Waals surface area contributed by atoms with E-state index in [1.54, 1.807) is 12.1 Å². The van der Waals surface area contributed by atoms with Gasteiger partial charge in [0.05, 0.1) is 31.3 Å². The molecule has 1 N–H and O–H groups in total. The molecule has 0 saturated heterocycles. The summed E-state index contributed by atoms with van der Waals surface area (Å²) in [5, 5.41) is 2.85. The lowest BCUT2D eigenvalue weighted by atomic mass is 10.2. The molecule has 0 radical (unpaired) electrons. The molecule has 0 aliphatic rings. The van der Waals surface area contributed by atoms with Crippen LogP contribution in [0.1, 0.15) is 5.82 Å². The molecular formula is C15H17N3O4. The van der Waals surface area contributed by atoms with Gasteiger partial charge in [0.1, 0.15) is 11.5 Å². The number of aromatic nitrogens is 2. The number of imidazole rings is 1. The molecule has 0 spiro atoms. The fourth-order valence-electron chi connectivity index (χ4n) is 1.99. The zero-order chi connectivity index (χ0) is 16.3. The lowest BCUT2D eigenvalue weighted by Gasteiger charge is -2.09. The molecule has 22 heavy (non-hydrogen) atoms. The average Bonchev–Trinajstić information content (AvgIpc) is 2.80. The molecule has 0 atom stereocenters. The van der Waals surface area contributed by atoms with Gasteiger partial charge in [-0.15, -0.1) is 0 Å². The first-order valence-corrected chi connectivity index (χ1v) is 6.54. The molecule has 1 aromatic heterocycles.